The maximum atomic E-state index is 13.8. The lowest BCUT2D eigenvalue weighted by Gasteiger charge is -2.21. The standard InChI is InChI=1S/C20H23ClFNOS/c1-14(2)11-19(15-7-4-3-5-8-15)23-20(24)13-25-12-16-17(21)9-6-10-18(16)22/h3-10,14,19H,11-13H2,1-2H3,(H,23,24)/t19-/m1/s1. The van der Waals surface area contributed by atoms with Crippen molar-refractivity contribution < 1.29 is 9.18 Å². The number of halogens is 2. The summed E-state index contributed by atoms with van der Waals surface area (Å²) in [6.45, 7) is 4.27. The summed E-state index contributed by atoms with van der Waals surface area (Å²) in [5.41, 5.74) is 1.55. The lowest BCUT2D eigenvalue weighted by Crippen LogP contribution is -2.30. The fourth-order valence-corrected chi connectivity index (χ4v) is 3.76. The van der Waals surface area contributed by atoms with Gasteiger partial charge in [-0.25, -0.2) is 4.39 Å². The van der Waals surface area contributed by atoms with Crippen LogP contribution in [0.4, 0.5) is 4.39 Å². The van der Waals surface area contributed by atoms with Gasteiger partial charge in [0.05, 0.1) is 11.8 Å². The second kappa shape index (κ2) is 9.83. The number of carbonyl (C=O) groups excluding carboxylic acids is 1. The summed E-state index contributed by atoms with van der Waals surface area (Å²) in [6.07, 6.45) is 0.875. The molecule has 0 bridgehead atoms. The monoisotopic (exact) mass is 379 g/mol. The Morgan fingerprint density at radius 2 is 1.88 bits per heavy atom. The van der Waals surface area contributed by atoms with E-state index in [4.69, 9.17) is 11.6 Å². The van der Waals surface area contributed by atoms with E-state index in [1.54, 1.807) is 12.1 Å². The number of rotatable bonds is 8. The molecule has 0 aliphatic rings. The van der Waals surface area contributed by atoms with Crippen LogP contribution in [0.2, 0.25) is 5.02 Å². The van der Waals surface area contributed by atoms with Crippen molar-refractivity contribution in [2.24, 2.45) is 5.92 Å². The third-order valence-electron chi connectivity index (χ3n) is 3.79. The van der Waals surface area contributed by atoms with Crippen LogP contribution in [-0.2, 0) is 10.5 Å². The van der Waals surface area contributed by atoms with E-state index < -0.39 is 0 Å². The first kappa shape index (κ1) is 19.8. The molecular weight excluding hydrogens is 357 g/mol. The highest BCUT2D eigenvalue weighted by Crippen LogP contribution is 2.25. The molecule has 0 fully saturated rings. The molecule has 0 spiro atoms. The van der Waals surface area contributed by atoms with Crippen LogP contribution in [0.3, 0.4) is 0 Å². The molecule has 0 aliphatic carbocycles. The van der Waals surface area contributed by atoms with Crippen molar-refractivity contribution in [3.05, 3.63) is 70.5 Å². The van der Waals surface area contributed by atoms with Crippen molar-refractivity contribution in [3.8, 4) is 0 Å². The molecule has 0 aliphatic heterocycles. The van der Waals surface area contributed by atoms with Crippen LogP contribution in [0.15, 0.2) is 48.5 Å². The highest BCUT2D eigenvalue weighted by Gasteiger charge is 2.16. The molecule has 2 rings (SSSR count). The topological polar surface area (TPSA) is 29.1 Å². The summed E-state index contributed by atoms with van der Waals surface area (Å²) in [5, 5.41) is 3.49. The van der Waals surface area contributed by atoms with E-state index in [0.29, 0.717) is 22.3 Å². The minimum absolute atomic E-state index is 0.00801. The minimum Gasteiger partial charge on any atom is -0.349 e. The van der Waals surface area contributed by atoms with Gasteiger partial charge >= 0.3 is 0 Å². The molecule has 2 aromatic rings. The average Bonchev–Trinajstić information content (AvgIpc) is 2.57. The molecule has 5 heteroatoms. The highest BCUT2D eigenvalue weighted by atomic mass is 35.5. The molecule has 0 radical (unpaired) electrons. The number of carbonyl (C=O) groups is 1. The number of amides is 1. The van der Waals surface area contributed by atoms with Gasteiger partial charge in [0.1, 0.15) is 5.82 Å². The van der Waals surface area contributed by atoms with E-state index in [1.807, 2.05) is 30.3 Å². The predicted octanol–water partition coefficient (Wildman–Crippen LogP) is 5.62. The zero-order valence-electron chi connectivity index (χ0n) is 14.5. The summed E-state index contributed by atoms with van der Waals surface area (Å²) < 4.78 is 13.8. The van der Waals surface area contributed by atoms with Gasteiger partial charge in [-0.2, -0.15) is 0 Å². The van der Waals surface area contributed by atoms with Gasteiger partial charge in [0, 0.05) is 16.3 Å². The molecule has 2 aromatic carbocycles. The molecule has 1 atom stereocenters. The van der Waals surface area contributed by atoms with Crippen molar-refractivity contribution in [1.82, 2.24) is 5.32 Å². The van der Waals surface area contributed by atoms with Gasteiger partial charge in [0.2, 0.25) is 5.91 Å². The third kappa shape index (κ3) is 6.37. The first-order valence-electron chi connectivity index (χ1n) is 8.32. The van der Waals surface area contributed by atoms with Crippen molar-refractivity contribution in [3.63, 3.8) is 0 Å². The minimum atomic E-state index is -0.331. The first-order chi connectivity index (χ1) is 12.0. The van der Waals surface area contributed by atoms with Crippen LogP contribution in [0, 0.1) is 11.7 Å². The summed E-state index contributed by atoms with van der Waals surface area (Å²) in [4.78, 5) is 12.3. The van der Waals surface area contributed by atoms with Gasteiger partial charge in [-0.1, -0.05) is 61.8 Å². The SMILES string of the molecule is CC(C)C[C@@H](NC(=O)CSCc1c(F)cccc1Cl)c1ccccc1. The molecule has 25 heavy (non-hydrogen) atoms. The Kier molecular flexibility index (Phi) is 7.79. The first-order valence-corrected chi connectivity index (χ1v) is 9.85. The molecule has 134 valence electrons. The van der Waals surface area contributed by atoms with Crippen LogP contribution >= 0.6 is 23.4 Å². The average molecular weight is 380 g/mol. The van der Waals surface area contributed by atoms with Gasteiger partial charge in [0.25, 0.3) is 0 Å². The number of benzene rings is 2. The van der Waals surface area contributed by atoms with Gasteiger partial charge in [-0.15, -0.1) is 11.8 Å². The normalized spacial score (nSPS) is 12.2. The zero-order valence-corrected chi connectivity index (χ0v) is 16.0. The third-order valence-corrected chi connectivity index (χ3v) is 5.10. The van der Waals surface area contributed by atoms with E-state index in [1.165, 1.54) is 17.8 Å². The van der Waals surface area contributed by atoms with E-state index in [9.17, 15) is 9.18 Å². The van der Waals surface area contributed by atoms with Crippen LogP contribution in [0.25, 0.3) is 0 Å². The van der Waals surface area contributed by atoms with Crippen molar-refractivity contribution in [2.75, 3.05) is 5.75 Å². The van der Waals surface area contributed by atoms with Gasteiger partial charge in [-0.05, 0) is 30.0 Å². The van der Waals surface area contributed by atoms with Crippen molar-refractivity contribution in [2.45, 2.75) is 32.1 Å². The Bertz CT molecular complexity index is 673. The number of nitrogens with one attached hydrogen (secondary N) is 1. The van der Waals surface area contributed by atoms with E-state index >= 15 is 0 Å². The number of thioether (sulfide) groups is 1. The highest BCUT2D eigenvalue weighted by molar-refractivity contribution is 7.99. The lowest BCUT2D eigenvalue weighted by molar-refractivity contribution is -0.119. The summed E-state index contributed by atoms with van der Waals surface area (Å²) >= 11 is 7.37. The van der Waals surface area contributed by atoms with E-state index in [-0.39, 0.29) is 23.5 Å². The van der Waals surface area contributed by atoms with E-state index in [0.717, 1.165) is 12.0 Å². The van der Waals surface area contributed by atoms with Crippen LogP contribution in [0.1, 0.15) is 37.4 Å². The number of hydrogen-bond donors (Lipinski definition) is 1. The molecule has 1 N–H and O–H groups in total. The second-order valence-corrected chi connectivity index (χ2v) is 7.75. The zero-order chi connectivity index (χ0) is 18.2. The molecule has 0 saturated carbocycles. The molecule has 2 nitrogen and oxygen atoms in total. The summed E-state index contributed by atoms with van der Waals surface area (Å²) in [6, 6.07) is 14.6. The molecule has 0 heterocycles. The van der Waals surface area contributed by atoms with Gasteiger partial charge in [-0.3, -0.25) is 4.79 Å². The predicted molar refractivity (Wildman–Crippen MR) is 104 cm³/mol. The Hall–Kier alpha value is -1.52. The second-order valence-electron chi connectivity index (χ2n) is 6.35. The molecule has 0 unspecified atom stereocenters. The molecule has 0 aromatic heterocycles. The Balaban J connectivity index is 1.91. The van der Waals surface area contributed by atoms with Crippen LogP contribution in [-0.4, -0.2) is 11.7 Å². The molecule has 1 amide bonds. The van der Waals surface area contributed by atoms with Gasteiger partial charge < -0.3 is 5.32 Å². The summed E-state index contributed by atoms with van der Waals surface area (Å²) in [7, 11) is 0. The van der Waals surface area contributed by atoms with Crippen molar-refractivity contribution in [1.29, 1.82) is 0 Å². The Labute approximate surface area is 158 Å². The maximum absolute atomic E-state index is 13.8. The molecule has 0 saturated heterocycles. The smallest absolute Gasteiger partial charge is 0.230 e. The fraction of sp³-hybridized carbons (Fsp3) is 0.350. The largest absolute Gasteiger partial charge is 0.349 e. The maximum Gasteiger partial charge on any atom is 0.230 e. The lowest BCUT2D eigenvalue weighted by atomic mass is 9.97. The summed E-state index contributed by atoms with van der Waals surface area (Å²) in [5.74, 6) is 0.732. The quantitative estimate of drug-likeness (QED) is 0.645. The van der Waals surface area contributed by atoms with Gasteiger partial charge in [0.15, 0.2) is 0 Å². The van der Waals surface area contributed by atoms with Crippen molar-refractivity contribution >= 4 is 29.3 Å². The number of hydrogen-bond acceptors (Lipinski definition) is 2. The Morgan fingerprint density at radius 3 is 2.52 bits per heavy atom. The Morgan fingerprint density at radius 1 is 1.16 bits per heavy atom. The molecular formula is C20H23ClFNOS. The van der Waals surface area contributed by atoms with Crippen LogP contribution < -0.4 is 5.32 Å². The fourth-order valence-electron chi connectivity index (χ4n) is 2.59. The van der Waals surface area contributed by atoms with Crippen LogP contribution in [0.5, 0.6) is 0 Å². The van der Waals surface area contributed by atoms with E-state index in [2.05, 4.69) is 19.2 Å².